The van der Waals surface area contributed by atoms with Crippen molar-refractivity contribution in [3.05, 3.63) is 59.7 Å². The summed E-state index contributed by atoms with van der Waals surface area (Å²) in [5.74, 6) is -0.504. The summed E-state index contributed by atoms with van der Waals surface area (Å²) in [7, 11) is 0. The van der Waals surface area contributed by atoms with Crippen LogP contribution in [0, 0.1) is 5.95 Å². The molecule has 1 amide bonds. The minimum absolute atomic E-state index is 0.0863. The first-order valence-electron chi connectivity index (χ1n) is 6.42. The predicted molar refractivity (Wildman–Crippen MR) is 74.4 cm³/mol. The lowest BCUT2D eigenvalue weighted by atomic mass is 10.2. The van der Waals surface area contributed by atoms with Gasteiger partial charge in [0.25, 0.3) is 5.91 Å². The van der Waals surface area contributed by atoms with Gasteiger partial charge in [-0.1, -0.05) is 18.2 Å². The fourth-order valence-corrected chi connectivity index (χ4v) is 1.77. The van der Waals surface area contributed by atoms with Crippen molar-refractivity contribution >= 4 is 5.91 Å². The van der Waals surface area contributed by atoms with Gasteiger partial charge in [0, 0.05) is 29.9 Å². The zero-order chi connectivity index (χ0) is 15.1. The largest absolute Gasteiger partial charge is 0.491 e. The zero-order valence-electron chi connectivity index (χ0n) is 11.3. The number of ether oxygens (including phenoxy) is 1. The van der Waals surface area contributed by atoms with E-state index < -0.39 is 11.9 Å². The molecule has 2 N–H and O–H groups in total. The van der Waals surface area contributed by atoms with Crippen molar-refractivity contribution in [2.75, 3.05) is 13.2 Å². The third kappa shape index (κ3) is 4.25. The number of aromatic nitrogens is 1. The van der Waals surface area contributed by atoms with E-state index in [9.17, 15) is 9.18 Å². The summed E-state index contributed by atoms with van der Waals surface area (Å²) >= 11 is 0. The van der Waals surface area contributed by atoms with Crippen LogP contribution < -0.4 is 10.1 Å². The molecule has 0 fully saturated rings. The van der Waals surface area contributed by atoms with Gasteiger partial charge in [-0.25, -0.2) is 4.98 Å². The number of carbonyl (C=O) groups is 1. The van der Waals surface area contributed by atoms with Crippen LogP contribution in [0.15, 0.2) is 42.6 Å². The van der Waals surface area contributed by atoms with Crippen LogP contribution >= 0.6 is 0 Å². The van der Waals surface area contributed by atoms with Crippen LogP contribution in [0.2, 0.25) is 0 Å². The topological polar surface area (TPSA) is 71.5 Å². The van der Waals surface area contributed by atoms with Crippen LogP contribution in [0.4, 0.5) is 4.39 Å². The molecule has 0 saturated heterocycles. The Morgan fingerprint density at radius 1 is 1.33 bits per heavy atom. The summed E-state index contributed by atoms with van der Waals surface area (Å²) in [5.41, 5.74) is 0.977. The number of nitrogens with zero attached hydrogens (tertiary/aromatic N) is 1. The number of benzene rings is 1. The first-order chi connectivity index (χ1) is 10.2. The molecule has 2 rings (SSSR count). The van der Waals surface area contributed by atoms with Crippen molar-refractivity contribution in [3.8, 4) is 5.75 Å². The van der Waals surface area contributed by atoms with E-state index in [-0.39, 0.29) is 25.3 Å². The monoisotopic (exact) mass is 290 g/mol. The average molecular weight is 290 g/mol. The molecule has 0 aliphatic carbocycles. The van der Waals surface area contributed by atoms with Crippen LogP contribution in [0.1, 0.15) is 15.9 Å². The Kier molecular flexibility index (Phi) is 5.22. The van der Waals surface area contributed by atoms with Crippen LogP contribution in [0.25, 0.3) is 0 Å². The van der Waals surface area contributed by atoms with Gasteiger partial charge >= 0.3 is 0 Å². The van der Waals surface area contributed by atoms with Crippen LogP contribution in [-0.4, -0.2) is 29.2 Å². The zero-order valence-corrected chi connectivity index (χ0v) is 11.3. The highest BCUT2D eigenvalue weighted by Crippen LogP contribution is 2.17. The van der Waals surface area contributed by atoms with Gasteiger partial charge in [-0.05, 0) is 12.1 Å². The molecule has 0 aliphatic rings. The van der Waals surface area contributed by atoms with Crippen molar-refractivity contribution in [2.45, 2.75) is 6.54 Å². The van der Waals surface area contributed by atoms with E-state index >= 15 is 0 Å². The minimum Gasteiger partial charge on any atom is -0.491 e. The number of nitrogens with one attached hydrogen (secondary N) is 1. The fraction of sp³-hybridized carbons (Fsp3) is 0.200. The highest BCUT2D eigenvalue weighted by molar-refractivity contribution is 5.93. The summed E-state index contributed by atoms with van der Waals surface area (Å²) in [5, 5.41) is 11.5. The Morgan fingerprint density at radius 3 is 2.90 bits per heavy atom. The Labute approximate surface area is 121 Å². The second-order valence-corrected chi connectivity index (χ2v) is 4.23. The minimum atomic E-state index is -0.700. The van der Waals surface area contributed by atoms with Crippen molar-refractivity contribution < 1.29 is 19.0 Å². The third-order valence-electron chi connectivity index (χ3n) is 2.75. The van der Waals surface area contributed by atoms with Gasteiger partial charge in [0.15, 0.2) is 0 Å². The average Bonchev–Trinajstić information content (AvgIpc) is 2.51. The van der Waals surface area contributed by atoms with Gasteiger partial charge in [0.1, 0.15) is 12.4 Å². The molecule has 2 aromatic rings. The molecule has 0 bridgehead atoms. The second-order valence-electron chi connectivity index (χ2n) is 4.23. The summed E-state index contributed by atoms with van der Waals surface area (Å²) in [6.45, 7) is 0.335. The van der Waals surface area contributed by atoms with Gasteiger partial charge in [-0.15, -0.1) is 0 Å². The molecule has 5 nitrogen and oxygen atoms in total. The predicted octanol–water partition coefficient (Wildman–Crippen LogP) is 1.52. The number of hydrogen-bond donors (Lipinski definition) is 2. The summed E-state index contributed by atoms with van der Waals surface area (Å²) < 4.78 is 18.3. The Balaban J connectivity index is 2.01. The van der Waals surface area contributed by atoms with Crippen LogP contribution in [-0.2, 0) is 6.54 Å². The molecule has 1 aromatic heterocycles. The molecule has 1 aromatic carbocycles. The molecule has 0 unspecified atom stereocenters. The number of carbonyl (C=O) groups excluding carboxylic acids is 1. The van der Waals surface area contributed by atoms with Gasteiger partial charge in [-0.3, -0.25) is 4.79 Å². The van der Waals surface area contributed by atoms with Gasteiger partial charge in [0.05, 0.1) is 6.61 Å². The summed E-state index contributed by atoms with van der Waals surface area (Å²) in [6, 6.07) is 9.69. The number of aliphatic hydroxyl groups excluding tert-OH is 1. The van der Waals surface area contributed by atoms with E-state index in [0.29, 0.717) is 5.75 Å². The molecule has 21 heavy (non-hydrogen) atoms. The van der Waals surface area contributed by atoms with E-state index in [2.05, 4.69) is 10.3 Å². The van der Waals surface area contributed by atoms with E-state index in [0.717, 1.165) is 11.6 Å². The van der Waals surface area contributed by atoms with E-state index in [4.69, 9.17) is 9.84 Å². The molecule has 1 heterocycles. The lowest BCUT2D eigenvalue weighted by Crippen LogP contribution is -2.23. The van der Waals surface area contributed by atoms with Gasteiger partial charge < -0.3 is 15.2 Å². The molecule has 0 saturated carbocycles. The number of para-hydroxylation sites is 1. The number of aliphatic hydroxyl groups is 1. The molecule has 0 aliphatic heterocycles. The maximum Gasteiger partial charge on any atom is 0.251 e. The van der Waals surface area contributed by atoms with Crippen molar-refractivity contribution in [2.24, 2.45) is 0 Å². The Hall–Kier alpha value is -2.47. The lowest BCUT2D eigenvalue weighted by Gasteiger charge is -2.11. The van der Waals surface area contributed by atoms with Crippen molar-refractivity contribution in [1.29, 1.82) is 0 Å². The molecule has 0 spiro atoms. The first-order valence-corrected chi connectivity index (χ1v) is 6.42. The quantitative estimate of drug-likeness (QED) is 0.791. The molecular formula is C15H15FN2O3. The second kappa shape index (κ2) is 7.35. The normalized spacial score (nSPS) is 10.2. The van der Waals surface area contributed by atoms with E-state index in [1.165, 1.54) is 12.3 Å². The van der Waals surface area contributed by atoms with Gasteiger partial charge in [-0.2, -0.15) is 4.39 Å². The summed E-state index contributed by atoms with van der Waals surface area (Å²) in [6.07, 6.45) is 1.24. The number of hydrogen-bond acceptors (Lipinski definition) is 4. The number of rotatable bonds is 6. The SMILES string of the molecule is O=C(NCc1ccccc1OCCO)c1ccnc(F)c1. The van der Waals surface area contributed by atoms with Crippen molar-refractivity contribution in [3.63, 3.8) is 0 Å². The first kappa shape index (κ1) is 14.9. The van der Waals surface area contributed by atoms with Gasteiger partial charge in [0.2, 0.25) is 5.95 Å². The molecule has 0 atom stereocenters. The standard InChI is InChI=1S/C15H15FN2O3/c16-14-9-11(5-6-17-14)15(20)18-10-12-3-1-2-4-13(12)21-8-7-19/h1-6,9,19H,7-8,10H2,(H,18,20). The third-order valence-corrected chi connectivity index (χ3v) is 2.75. The number of halogens is 1. The van der Waals surface area contributed by atoms with Crippen LogP contribution in [0.5, 0.6) is 5.75 Å². The number of pyridine rings is 1. The molecule has 6 heteroatoms. The molecule has 110 valence electrons. The maximum atomic E-state index is 13.0. The van der Waals surface area contributed by atoms with Crippen molar-refractivity contribution in [1.82, 2.24) is 10.3 Å². The smallest absolute Gasteiger partial charge is 0.251 e. The maximum absolute atomic E-state index is 13.0. The lowest BCUT2D eigenvalue weighted by molar-refractivity contribution is 0.0949. The molecule has 0 radical (unpaired) electrons. The summed E-state index contributed by atoms with van der Waals surface area (Å²) in [4.78, 5) is 15.3. The number of amides is 1. The van der Waals surface area contributed by atoms with E-state index in [1.807, 2.05) is 6.07 Å². The Morgan fingerprint density at radius 2 is 2.14 bits per heavy atom. The van der Waals surface area contributed by atoms with Crippen LogP contribution in [0.3, 0.4) is 0 Å². The highest BCUT2D eigenvalue weighted by atomic mass is 19.1. The molecular weight excluding hydrogens is 275 g/mol. The fourth-order valence-electron chi connectivity index (χ4n) is 1.77. The van der Waals surface area contributed by atoms with E-state index in [1.54, 1.807) is 18.2 Å². The Bertz CT molecular complexity index is 619. The highest BCUT2D eigenvalue weighted by Gasteiger charge is 2.08.